The van der Waals surface area contributed by atoms with Crippen LogP contribution in [-0.4, -0.2) is 18.8 Å². The third-order valence-electron chi connectivity index (χ3n) is 7.18. The molecule has 134 valence electrons. The first-order valence-corrected chi connectivity index (χ1v) is 10.0. The zero-order chi connectivity index (χ0) is 17.5. The first-order valence-electron chi connectivity index (χ1n) is 10.0. The zero-order valence-electron chi connectivity index (χ0n) is 15.9. The van der Waals surface area contributed by atoms with Gasteiger partial charge in [-0.05, 0) is 61.8 Å². The number of rotatable bonds is 6. The Kier molecular flexibility index (Phi) is 4.58. The molecule has 0 aromatic heterocycles. The molecule has 25 heavy (non-hydrogen) atoms. The van der Waals surface area contributed by atoms with Gasteiger partial charge in [-0.2, -0.15) is 0 Å². The molecule has 1 aliphatic heterocycles. The second-order valence-electron chi connectivity index (χ2n) is 8.98. The van der Waals surface area contributed by atoms with Gasteiger partial charge in [-0.25, -0.2) is 0 Å². The minimum absolute atomic E-state index is 0.0458. The van der Waals surface area contributed by atoms with Gasteiger partial charge in [0.05, 0.1) is 11.7 Å². The molecule has 0 amide bonds. The Bertz CT molecular complexity index is 626. The van der Waals surface area contributed by atoms with Gasteiger partial charge in [0.1, 0.15) is 0 Å². The number of unbranched alkanes of at least 4 members (excludes halogenated alkanes) is 1. The van der Waals surface area contributed by atoms with Crippen molar-refractivity contribution < 1.29 is 9.31 Å². The van der Waals surface area contributed by atoms with Gasteiger partial charge in [-0.15, -0.1) is 0 Å². The van der Waals surface area contributed by atoms with Crippen LogP contribution in [0.3, 0.4) is 0 Å². The molecule has 0 N–H and O–H groups in total. The fourth-order valence-electron chi connectivity index (χ4n) is 5.45. The van der Waals surface area contributed by atoms with Crippen LogP contribution < -0.4 is 0 Å². The van der Waals surface area contributed by atoms with Crippen molar-refractivity contribution in [2.24, 2.45) is 17.3 Å². The molecule has 1 aromatic rings. The summed E-state index contributed by atoms with van der Waals surface area (Å²) in [5, 5.41) is 0. The van der Waals surface area contributed by atoms with Gasteiger partial charge in [-0.1, -0.05) is 56.3 Å². The van der Waals surface area contributed by atoms with E-state index >= 15 is 0 Å². The van der Waals surface area contributed by atoms with Crippen LogP contribution in [0.15, 0.2) is 42.5 Å². The van der Waals surface area contributed by atoms with E-state index in [4.69, 9.17) is 9.31 Å². The van der Waals surface area contributed by atoms with Gasteiger partial charge in [0, 0.05) is 6.32 Å². The number of benzene rings is 1. The molecule has 2 bridgehead atoms. The lowest BCUT2D eigenvalue weighted by molar-refractivity contribution is -0.199. The lowest BCUT2D eigenvalue weighted by atomic mass is 9.43. The van der Waals surface area contributed by atoms with Crippen LogP contribution in [0.2, 0.25) is 6.32 Å². The largest absolute Gasteiger partial charge is 0.461 e. The third kappa shape index (κ3) is 3.10. The van der Waals surface area contributed by atoms with Crippen molar-refractivity contribution in [2.75, 3.05) is 0 Å². The number of hydrogen-bond donors (Lipinski definition) is 0. The molecule has 4 aliphatic rings. The van der Waals surface area contributed by atoms with Gasteiger partial charge >= 0.3 is 7.12 Å². The van der Waals surface area contributed by atoms with Crippen molar-refractivity contribution in [1.29, 1.82) is 0 Å². The molecule has 4 atom stereocenters. The standard InChI is InChI=1S/C22H31BO2/c1-21(2)18-15-19(21)22(3)20(16-18)24-23(25-22)14-10-5-4-7-11-17-12-8-6-9-13-17/h5-6,8-10,12-13,18-20H,4,7,11,14-16H2,1-3H3/b10-5+/t18-,19-,20+,22-/m0/s1. The van der Waals surface area contributed by atoms with E-state index in [1.54, 1.807) is 0 Å². The van der Waals surface area contributed by atoms with Crippen LogP contribution in [0, 0.1) is 17.3 Å². The number of allylic oxidation sites excluding steroid dienone is 2. The fourth-order valence-corrected chi connectivity index (χ4v) is 5.45. The minimum Gasteiger partial charge on any atom is -0.405 e. The van der Waals surface area contributed by atoms with Gasteiger partial charge in [0.2, 0.25) is 0 Å². The molecule has 5 rings (SSSR count). The monoisotopic (exact) mass is 338 g/mol. The maximum atomic E-state index is 6.44. The molecule has 0 spiro atoms. The average molecular weight is 338 g/mol. The summed E-state index contributed by atoms with van der Waals surface area (Å²) >= 11 is 0. The zero-order valence-corrected chi connectivity index (χ0v) is 15.9. The average Bonchev–Trinajstić information content (AvgIpc) is 2.94. The van der Waals surface area contributed by atoms with E-state index in [1.165, 1.54) is 24.8 Å². The van der Waals surface area contributed by atoms with Crippen LogP contribution in [0.4, 0.5) is 0 Å². The summed E-state index contributed by atoms with van der Waals surface area (Å²) in [5.74, 6) is 1.48. The summed E-state index contributed by atoms with van der Waals surface area (Å²) in [6.07, 6.45) is 11.7. The van der Waals surface area contributed by atoms with E-state index in [0.29, 0.717) is 17.4 Å². The van der Waals surface area contributed by atoms with Gasteiger partial charge in [-0.3, -0.25) is 0 Å². The highest BCUT2D eigenvalue weighted by Crippen LogP contribution is 2.65. The maximum Gasteiger partial charge on any atom is 0.461 e. The predicted molar refractivity (Wildman–Crippen MR) is 103 cm³/mol. The Labute approximate surface area is 153 Å². The summed E-state index contributed by atoms with van der Waals surface area (Å²) in [6, 6.07) is 10.7. The molecule has 3 heteroatoms. The Morgan fingerprint density at radius 1 is 1.12 bits per heavy atom. The van der Waals surface area contributed by atoms with E-state index in [2.05, 4.69) is 63.3 Å². The van der Waals surface area contributed by atoms with Crippen molar-refractivity contribution in [1.82, 2.24) is 0 Å². The lowest BCUT2D eigenvalue weighted by Gasteiger charge is -2.64. The van der Waals surface area contributed by atoms with Crippen molar-refractivity contribution >= 4 is 7.12 Å². The number of hydrogen-bond acceptors (Lipinski definition) is 2. The molecular weight excluding hydrogens is 307 g/mol. The molecule has 0 unspecified atom stereocenters. The summed E-state index contributed by atoms with van der Waals surface area (Å²) in [4.78, 5) is 0. The Morgan fingerprint density at radius 2 is 1.92 bits per heavy atom. The first-order chi connectivity index (χ1) is 12.0. The lowest BCUT2D eigenvalue weighted by Crippen LogP contribution is -2.65. The first kappa shape index (κ1) is 17.4. The maximum absolute atomic E-state index is 6.44. The van der Waals surface area contributed by atoms with Crippen LogP contribution in [-0.2, 0) is 15.7 Å². The molecule has 0 radical (unpaired) electrons. The molecule has 1 heterocycles. The van der Waals surface area contributed by atoms with Crippen molar-refractivity contribution in [3.05, 3.63) is 48.0 Å². The Balaban J connectivity index is 1.22. The summed E-state index contributed by atoms with van der Waals surface area (Å²) in [6.45, 7) is 7.12. The number of aryl methyl sites for hydroxylation is 1. The van der Waals surface area contributed by atoms with E-state index in [9.17, 15) is 0 Å². The second-order valence-corrected chi connectivity index (χ2v) is 8.98. The predicted octanol–water partition coefficient (Wildman–Crippen LogP) is 5.29. The Hall–Kier alpha value is -1.06. The van der Waals surface area contributed by atoms with E-state index in [-0.39, 0.29) is 12.7 Å². The van der Waals surface area contributed by atoms with Crippen LogP contribution >= 0.6 is 0 Å². The molecule has 1 aromatic carbocycles. The smallest absolute Gasteiger partial charge is 0.405 e. The quantitative estimate of drug-likeness (QED) is 0.398. The van der Waals surface area contributed by atoms with Crippen LogP contribution in [0.25, 0.3) is 0 Å². The van der Waals surface area contributed by atoms with Gasteiger partial charge in [0.15, 0.2) is 0 Å². The minimum atomic E-state index is -0.0654. The van der Waals surface area contributed by atoms with E-state index in [0.717, 1.165) is 25.1 Å². The SMILES string of the molecule is CC1(C)[C@@H]2C[C@H]3OB(C/C=C/CCCc4ccccc4)O[C@@]3(C)[C@H]1C2. The second kappa shape index (κ2) is 6.59. The van der Waals surface area contributed by atoms with Gasteiger partial charge in [0.25, 0.3) is 0 Å². The van der Waals surface area contributed by atoms with Crippen LogP contribution in [0.5, 0.6) is 0 Å². The third-order valence-corrected chi connectivity index (χ3v) is 7.18. The topological polar surface area (TPSA) is 18.5 Å². The molecular formula is C22H31BO2. The molecule has 3 aliphatic carbocycles. The van der Waals surface area contributed by atoms with Crippen molar-refractivity contribution in [3.63, 3.8) is 0 Å². The van der Waals surface area contributed by atoms with Crippen molar-refractivity contribution in [3.8, 4) is 0 Å². The molecule has 2 nitrogen and oxygen atoms in total. The Morgan fingerprint density at radius 3 is 2.68 bits per heavy atom. The fraction of sp³-hybridized carbons (Fsp3) is 0.636. The molecule has 4 fully saturated rings. The summed E-state index contributed by atoms with van der Waals surface area (Å²) < 4.78 is 12.7. The van der Waals surface area contributed by atoms with E-state index < -0.39 is 0 Å². The van der Waals surface area contributed by atoms with Gasteiger partial charge < -0.3 is 9.31 Å². The highest BCUT2D eigenvalue weighted by molar-refractivity contribution is 6.46. The van der Waals surface area contributed by atoms with Crippen molar-refractivity contribution in [2.45, 2.75) is 70.9 Å². The van der Waals surface area contributed by atoms with E-state index in [1.807, 2.05) is 0 Å². The summed E-state index contributed by atoms with van der Waals surface area (Å²) in [5.41, 5.74) is 1.79. The normalized spacial score (nSPS) is 35.6. The molecule has 1 saturated heterocycles. The highest BCUT2D eigenvalue weighted by atomic mass is 16.7. The van der Waals surface area contributed by atoms with Crippen LogP contribution in [0.1, 0.15) is 52.0 Å². The highest BCUT2D eigenvalue weighted by Gasteiger charge is 2.67. The summed E-state index contributed by atoms with van der Waals surface area (Å²) in [7, 11) is -0.0458. The molecule has 3 saturated carbocycles.